The molecule has 0 saturated heterocycles. The molecule has 0 aromatic rings. The second-order valence-corrected chi connectivity index (χ2v) is 29.4. The van der Waals surface area contributed by atoms with Crippen LogP contribution in [0.3, 0.4) is 0 Å². The molecule has 0 heterocycles. The summed E-state index contributed by atoms with van der Waals surface area (Å²) >= 11 is 0. The maximum Gasteiger partial charge on any atom is 0.472 e. The summed E-state index contributed by atoms with van der Waals surface area (Å²) in [5.41, 5.74) is 0. The van der Waals surface area contributed by atoms with Gasteiger partial charge in [-0.05, 0) is 128 Å². The van der Waals surface area contributed by atoms with Crippen LogP contribution in [0.25, 0.3) is 0 Å². The van der Waals surface area contributed by atoms with E-state index in [1.165, 1.54) is 122 Å². The summed E-state index contributed by atoms with van der Waals surface area (Å²) in [5.74, 6) is -1.59. The molecule has 0 spiro atoms. The van der Waals surface area contributed by atoms with Crippen LogP contribution < -0.4 is 0 Å². The molecule has 4 N–H and O–H groups in total. The second-order valence-electron chi connectivity index (χ2n) is 26.5. The van der Waals surface area contributed by atoms with E-state index < -0.39 is 91.5 Å². The van der Waals surface area contributed by atoms with Gasteiger partial charge in [0.1, 0.15) is 25.4 Å². The Morgan fingerprint density at radius 2 is 0.535 bits per heavy atom. The molecule has 5 atom stereocenters. The molecule has 0 rings (SSSR count). The average Bonchev–Trinajstić information content (AvgIpc) is 0.946. The number of hydrogen-bond donors (Lipinski definition) is 4. The van der Waals surface area contributed by atoms with Crippen molar-refractivity contribution in [2.45, 2.75) is 347 Å². The quantitative estimate of drug-likeness (QED) is 0.0146. The number of unbranched alkanes of at least 4 members (excludes halogenated alkanes) is 32. The van der Waals surface area contributed by atoms with E-state index in [2.05, 4.69) is 142 Å². The molecule has 0 fully saturated rings. The second kappa shape index (κ2) is 75.6. The van der Waals surface area contributed by atoms with Crippen molar-refractivity contribution in [3.8, 4) is 0 Å². The minimum Gasteiger partial charge on any atom is -0.463 e. The van der Waals surface area contributed by atoms with Crippen molar-refractivity contribution in [3.63, 3.8) is 0 Å². The van der Waals surface area contributed by atoms with Gasteiger partial charge in [-0.15, -0.1) is 0 Å². The van der Waals surface area contributed by atoms with Crippen molar-refractivity contribution in [1.82, 2.24) is 0 Å². The third-order valence-corrected chi connectivity index (χ3v) is 18.5. The van der Waals surface area contributed by atoms with E-state index in [4.69, 9.17) is 32.3 Å². The zero-order valence-electron chi connectivity index (χ0n) is 63.5. The van der Waals surface area contributed by atoms with E-state index in [9.17, 15) is 43.5 Å². The molecular formula is C83H144O16P2. The molecule has 16 nitrogen and oxygen atoms in total. The summed E-state index contributed by atoms with van der Waals surface area (Å²) in [6.45, 7) is 2.50. The fourth-order valence-corrected chi connectivity index (χ4v) is 12.1. The molecule has 0 radical (unpaired) electrons. The molecular weight excluding hydrogens is 1310 g/mol. The first kappa shape index (κ1) is 97.0. The first-order valence-corrected chi connectivity index (χ1v) is 42.8. The Labute approximate surface area is 614 Å². The van der Waals surface area contributed by atoms with Gasteiger partial charge < -0.3 is 34.2 Å². The molecule has 5 unspecified atom stereocenters. The standard InChI is InChI=1S/C83H144O16P2/c1-4-7-10-13-16-19-22-24-26-28-30-32-34-36-37-38-39-41-43-44-46-48-50-52-55-57-60-63-66-69-81(86)93-72-78(84)73-95-100(89,90)96-74-79(85)75-97-101(91,92)98-77-80(99-83(88)71-68-65-62-59-54-21-18-15-12-9-6-3)76-94-82(87)70-67-64-61-58-56-53-51-49-47-45-42-40-35-33-31-29-27-25-23-20-17-14-11-8-5-2/h7,10,15-20,24-27,30-33,36-37,40,42,78-80,84-85H,4-6,8-9,11-14,21-23,28-29,34-35,38-39,41,43-77H2,1-3H3,(H,89,90)(H,91,92)/b10-7-,18-15-,19-16-,20-17-,26-24-,27-25-,32-30-,33-31-,37-36-,42-40-. The summed E-state index contributed by atoms with van der Waals surface area (Å²) in [6, 6.07) is 0. The monoisotopic (exact) mass is 1460 g/mol. The van der Waals surface area contributed by atoms with E-state index in [0.29, 0.717) is 19.3 Å². The summed E-state index contributed by atoms with van der Waals surface area (Å²) < 4.78 is 61.1. The molecule has 582 valence electrons. The van der Waals surface area contributed by atoms with Gasteiger partial charge in [0, 0.05) is 19.3 Å². The highest BCUT2D eigenvalue weighted by Gasteiger charge is 2.29. The van der Waals surface area contributed by atoms with Crippen LogP contribution in [0.15, 0.2) is 122 Å². The molecule has 0 amide bonds. The Kier molecular flexibility index (Phi) is 72.6. The molecule has 18 heteroatoms. The lowest BCUT2D eigenvalue weighted by molar-refractivity contribution is -0.161. The van der Waals surface area contributed by atoms with Crippen molar-refractivity contribution in [3.05, 3.63) is 122 Å². The van der Waals surface area contributed by atoms with E-state index in [1.54, 1.807) is 0 Å². The Hall–Kier alpha value is -4.05. The third-order valence-electron chi connectivity index (χ3n) is 16.6. The lowest BCUT2D eigenvalue weighted by atomic mass is 10.0. The molecule has 0 aromatic heterocycles. The average molecular weight is 1460 g/mol. The number of carbonyl (C=O) groups is 3. The molecule has 0 bridgehead atoms. The Morgan fingerprint density at radius 3 is 0.871 bits per heavy atom. The van der Waals surface area contributed by atoms with Gasteiger partial charge in [-0.2, -0.15) is 0 Å². The highest BCUT2D eigenvalue weighted by molar-refractivity contribution is 7.47. The predicted molar refractivity (Wildman–Crippen MR) is 417 cm³/mol. The highest BCUT2D eigenvalue weighted by Crippen LogP contribution is 2.45. The van der Waals surface area contributed by atoms with Crippen LogP contribution in [0, 0.1) is 0 Å². The fourth-order valence-electron chi connectivity index (χ4n) is 10.6. The van der Waals surface area contributed by atoms with Gasteiger partial charge in [-0.3, -0.25) is 32.5 Å². The molecule has 0 aromatic carbocycles. The van der Waals surface area contributed by atoms with Gasteiger partial charge in [-0.1, -0.05) is 303 Å². The number of phosphoric acid groups is 2. The molecule has 0 aliphatic heterocycles. The Balaban J connectivity index is 4.44. The number of hydrogen-bond acceptors (Lipinski definition) is 14. The van der Waals surface area contributed by atoms with E-state index in [-0.39, 0.29) is 19.3 Å². The SMILES string of the molecule is CC/C=C\C/C=C\C/C=C\C/C=C\C/C=C\CCCCCCCCCCCCCCCC(=O)OCC(O)COP(=O)(O)OCC(O)COP(=O)(O)OCC(COC(=O)CCCCCCCCCCC/C=C\C/C=C\C/C=C\C/C=C\CCCCC)OC(=O)CCCCCCC/C=C\CCCC. The molecule has 101 heavy (non-hydrogen) atoms. The molecule has 0 aliphatic carbocycles. The van der Waals surface area contributed by atoms with Crippen LogP contribution >= 0.6 is 15.6 Å². The number of rotatable bonds is 75. The lowest BCUT2D eigenvalue weighted by Gasteiger charge is -2.21. The third kappa shape index (κ3) is 76.9. The first-order valence-electron chi connectivity index (χ1n) is 39.8. The number of phosphoric ester groups is 2. The smallest absolute Gasteiger partial charge is 0.463 e. The zero-order valence-corrected chi connectivity index (χ0v) is 65.3. The van der Waals surface area contributed by atoms with Crippen LogP contribution in [-0.2, 0) is 55.8 Å². The van der Waals surface area contributed by atoms with Gasteiger partial charge in [0.15, 0.2) is 6.10 Å². The van der Waals surface area contributed by atoms with E-state index in [1.807, 2.05) is 0 Å². The predicted octanol–water partition coefficient (Wildman–Crippen LogP) is 23.3. The number of aliphatic hydroxyl groups is 2. The lowest BCUT2D eigenvalue weighted by Crippen LogP contribution is -2.30. The maximum atomic E-state index is 12.9. The van der Waals surface area contributed by atoms with Gasteiger partial charge in [0.05, 0.1) is 26.4 Å². The topological polar surface area (TPSA) is 231 Å². The van der Waals surface area contributed by atoms with E-state index in [0.717, 1.165) is 148 Å². The van der Waals surface area contributed by atoms with Gasteiger partial charge >= 0.3 is 33.6 Å². The van der Waals surface area contributed by atoms with Crippen molar-refractivity contribution in [1.29, 1.82) is 0 Å². The van der Waals surface area contributed by atoms with Crippen LogP contribution in [0.2, 0.25) is 0 Å². The minimum absolute atomic E-state index is 0.0918. The normalized spacial score (nSPS) is 14.6. The number of ether oxygens (including phenoxy) is 3. The van der Waals surface area contributed by atoms with Crippen molar-refractivity contribution in [2.75, 3.05) is 39.6 Å². The van der Waals surface area contributed by atoms with Crippen LogP contribution in [0.1, 0.15) is 329 Å². The number of esters is 3. The summed E-state index contributed by atoms with van der Waals surface area (Å²) in [5, 5.41) is 20.6. The van der Waals surface area contributed by atoms with E-state index >= 15 is 0 Å². The number of carbonyl (C=O) groups excluding carboxylic acids is 3. The summed E-state index contributed by atoms with van der Waals surface area (Å²) in [4.78, 5) is 58.6. The minimum atomic E-state index is -4.93. The largest absolute Gasteiger partial charge is 0.472 e. The fraction of sp³-hybridized carbons (Fsp3) is 0.723. The van der Waals surface area contributed by atoms with Crippen LogP contribution in [-0.4, -0.2) is 95.9 Å². The Morgan fingerprint density at radius 1 is 0.287 bits per heavy atom. The molecule has 0 saturated carbocycles. The highest BCUT2D eigenvalue weighted by atomic mass is 31.2. The maximum absolute atomic E-state index is 12.9. The zero-order chi connectivity index (χ0) is 73.7. The van der Waals surface area contributed by atoms with Crippen LogP contribution in [0.4, 0.5) is 0 Å². The number of aliphatic hydroxyl groups excluding tert-OH is 2. The van der Waals surface area contributed by atoms with Crippen molar-refractivity contribution in [2.24, 2.45) is 0 Å². The first-order chi connectivity index (χ1) is 49.2. The van der Waals surface area contributed by atoms with Gasteiger partial charge in [0.25, 0.3) is 0 Å². The van der Waals surface area contributed by atoms with Gasteiger partial charge in [0.2, 0.25) is 0 Å². The summed E-state index contributed by atoms with van der Waals surface area (Å²) in [6.07, 6.45) is 89.8. The van der Waals surface area contributed by atoms with Gasteiger partial charge in [-0.25, -0.2) is 9.13 Å². The van der Waals surface area contributed by atoms with Crippen LogP contribution in [0.5, 0.6) is 0 Å². The van der Waals surface area contributed by atoms with Crippen molar-refractivity contribution >= 4 is 33.6 Å². The number of allylic oxidation sites excluding steroid dienone is 20. The Bertz CT molecular complexity index is 2320. The summed E-state index contributed by atoms with van der Waals surface area (Å²) in [7, 11) is -9.79. The molecule has 0 aliphatic rings. The van der Waals surface area contributed by atoms with Crippen molar-refractivity contribution < 1.29 is 75.8 Å².